The lowest BCUT2D eigenvalue weighted by molar-refractivity contribution is 0.290. The Morgan fingerprint density at radius 1 is 1.31 bits per heavy atom. The van der Waals surface area contributed by atoms with Crippen molar-refractivity contribution in [2.24, 2.45) is 22.6 Å². The topological polar surface area (TPSA) is 65.4 Å². The van der Waals surface area contributed by atoms with Crippen LogP contribution in [-0.2, 0) is 0 Å². The minimum Gasteiger partial charge on any atom is -0.370 e. The normalized spacial score (nSPS) is 30.7. The van der Waals surface area contributed by atoms with Gasteiger partial charge < -0.3 is 10.6 Å². The van der Waals surface area contributed by atoms with E-state index in [-0.39, 0.29) is 5.92 Å². The monoisotopic (exact) mass is 220 g/mol. The van der Waals surface area contributed by atoms with E-state index < -0.39 is 0 Å². The molecule has 16 heavy (non-hydrogen) atoms. The fraction of sp³-hybridized carbons (Fsp3) is 0.833. The van der Waals surface area contributed by atoms with Crippen molar-refractivity contribution in [3.8, 4) is 6.07 Å². The molecular formula is C12H20N4. The first-order valence-electron chi connectivity index (χ1n) is 6.24. The maximum absolute atomic E-state index is 8.80. The standard InChI is InChI=1S/C12H20N4/c13-8-10-2-4-11(5-3-10)9-15-12(14)16-6-1-7-16/h10-11H,1-7,9H2,(H2,14,15). The highest BCUT2D eigenvalue weighted by molar-refractivity contribution is 5.78. The molecule has 1 heterocycles. The van der Waals surface area contributed by atoms with E-state index in [1.165, 1.54) is 6.42 Å². The molecule has 4 heteroatoms. The molecule has 0 spiro atoms. The van der Waals surface area contributed by atoms with Crippen LogP contribution >= 0.6 is 0 Å². The highest BCUT2D eigenvalue weighted by Crippen LogP contribution is 2.28. The van der Waals surface area contributed by atoms with Gasteiger partial charge in [0.1, 0.15) is 0 Å². The third-order valence-corrected chi connectivity index (χ3v) is 3.72. The molecule has 0 radical (unpaired) electrons. The fourth-order valence-corrected chi connectivity index (χ4v) is 2.34. The number of nitrogens with two attached hydrogens (primary N) is 1. The summed E-state index contributed by atoms with van der Waals surface area (Å²) >= 11 is 0. The molecule has 0 aromatic heterocycles. The van der Waals surface area contributed by atoms with Gasteiger partial charge in [0, 0.05) is 25.6 Å². The highest BCUT2D eigenvalue weighted by Gasteiger charge is 2.21. The molecule has 0 bridgehead atoms. The van der Waals surface area contributed by atoms with Gasteiger partial charge in [-0.15, -0.1) is 0 Å². The third-order valence-electron chi connectivity index (χ3n) is 3.72. The Bertz CT molecular complexity index is 293. The smallest absolute Gasteiger partial charge is 0.191 e. The van der Waals surface area contributed by atoms with E-state index in [4.69, 9.17) is 11.0 Å². The number of hydrogen-bond acceptors (Lipinski definition) is 2. The van der Waals surface area contributed by atoms with E-state index >= 15 is 0 Å². The van der Waals surface area contributed by atoms with E-state index in [2.05, 4.69) is 16.0 Å². The number of nitriles is 1. The second kappa shape index (κ2) is 5.20. The van der Waals surface area contributed by atoms with Gasteiger partial charge in [-0.3, -0.25) is 4.99 Å². The van der Waals surface area contributed by atoms with Crippen LogP contribution in [0.5, 0.6) is 0 Å². The summed E-state index contributed by atoms with van der Waals surface area (Å²) in [6, 6.07) is 2.36. The number of likely N-dealkylation sites (tertiary alicyclic amines) is 1. The number of nitrogens with zero attached hydrogens (tertiary/aromatic N) is 3. The molecule has 1 aliphatic heterocycles. The molecule has 2 rings (SSSR count). The Morgan fingerprint density at radius 2 is 2.00 bits per heavy atom. The van der Waals surface area contributed by atoms with Crippen molar-refractivity contribution in [1.29, 1.82) is 5.26 Å². The van der Waals surface area contributed by atoms with Crippen LogP contribution in [0.15, 0.2) is 4.99 Å². The van der Waals surface area contributed by atoms with Crippen LogP contribution in [0.2, 0.25) is 0 Å². The van der Waals surface area contributed by atoms with Crippen molar-refractivity contribution in [1.82, 2.24) is 4.90 Å². The lowest BCUT2D eigenvalue weighted by Crippen LogP contribution is -2.46. The Morgan fingerprint density at radius 3 is 2.50 bits per heavy atom. The van der Waals surface area contributed by atoms with Crippen LogP contribution in [-0.4, -0.2) is 30.5 Å². The number of guanidine groups is 1. The molecule has 0 aromatic carbocycles. The van der Waals surface area contributed by atoms with E-state index in [0.717, 1.165) is 45.3 Å². The second-order valence-corrected chi connectivity index (χ2v) is 4.89. The highest BCUT2D eigenvalue weighted by atomic mass is 15.3. The molecule has 0 amide bonds. The SMILES string of the molecule is N#CC1CCC(CN=C(N)N2CCC2)CC1. The summed E-state index contributed by atoms with van der Waals surface area (Å²) in [6.07, 6.45) is 5.59. The van der Waals surface area contributed by atoms with Gasteiger partial charge in [0.25, 0.3) is 0 Å². The van der Waals surface area contributed by atoms with E-state index in [1.54, 1.807) is 0 Å². The van der Waals surface area contributed by atoms with Crippen molar-refractivity contribution in [2.75, 3.05) is 19.6 Å². The Balaban J connectivity index is 1.72. The van der Waals surface area contributed by atoms with Gasteiger partial charge in [-0.2, -0.15) is 5.26 Å². The van der Waals surface area contributed by atoms with Crippen LogP contribution in [0, 0.1) is 23.2 Å². The maximum atomic E-state index is 8.80. The summed E-state index contributed by atoms with van der Waals surface area (Å²) < 4.78 is 0. The summed E-state index contributed by atoms with van der Waals surface area (Å²) in [5, 5.41) is 8.80. The average molecular weight is 220 g/mol. The summed E-state index contributed by atoms with van der Waals surface area (Å²) in [5.74, 6) is 1.64. The first kappa shape index (κ1) is 11.3. The van der Waals surface area contributed by atoms with Crippen LogP contribution < -0.4 is 5.73 Å². The minimum atomic E-state index is 0.285. The predicted octanol–water partition coefficient (Wildman–Crippen LogP) is 1.34. The molecule has 1 saturated carbocycles. The largest absolute Gasteiger partial charge is 0.370 e. The van der Waals surface area contributed by atoms with E-state index in [1.807, 2.05) is 0 Å². The summed E-state index contributed by atoms with van der Waals surface area (Å²) in [4.78, 5) is 6.58. The van der Waals surface area contributed by atoms with E-state index in [9.17, 15) is 0 Å². The van der Waals surface area contributed by atoms with Gasteiger partial charge in [0.15, 0.2) is 5.96 Å². The first-order valence-corrected chi connectivity index (χ1v) is 6.24. The van der Waals surface area contributed by atoms with Crippen molar-refractivity contribution in [3.63, 3.8) is 0 Å². The summed E-state index contributed by atoms with van der Waals surface area (Å²) in [6.45, 7) is 2.98. The van der Waals surface area contributed by atoms with Gasteiger partial charge in [-0.05, 0) is 38.0 Å². The second-order valence-electron chi connectivity index (χ2n) is 4.89. The average Bonchev–Trinajstić information content (AvgIpc) is 2.25. The van der Waals surface area contributed by atoms with Gasteiger partial charge >= 0.3 is 0 Å². The van der Waals surface area contributed by atoms with Gasteiger partial charge in [-0.1, -0.05) is 0 Å². The van der Waals surface area contributed by atoms with Crippen LogP contribution in [0.4, 0.5) is 0 Å². The third kappa shape index (κ3) is 2.66. The van der Waals surface area contributed by atoms with Gasteiger partial charge in [0.2, 0.25) is 0 Å². The Kier molecular flexibility index (Phi) is 3.66. The lowest BCUT2D eigenvalue weighted by atomic mass is 9.83. The van der Waals surface area contributed by atoms with Gasteiger partial charge in [0.05, 0.1) is 6.07 Å². The fourth-order valence-electron chi connectivity index (χ4n) is 2.34. The number of hydrogen-bond donors (Lipinski definition) is 1. The summed E-state index contributed by atoms with van der Waals surface area (Å²) in [5.41, 5.74) is 5.87. The number of aliphatic imine (C=N–C) groups is 1. The molecule has 2 fully saturated rings. The zero-order chi connectivity index (χ0) is 11.4. The molecule has 4 nitrogen and oxygen atoms in total. The Labute approximate surface area is 97.1 Å². The van der Waals surface area contributed by atoms with Crippen molar-refractivity contribution >= 4 is 5.96 Å². The minimum absolute atomic E-state index is 0.285. The molecule has 2 aliphatic rings. The van der Waals surface area contributed by atoms with Gasteiger partial charge in [-0.25, -0.2) is 0 Å². The predicted molar refractivity (Wildman–Crippen MR) is 63.7 cm³/mol. The molecule has 1 aliphatic carbocycles. The Hall–Kier alpha value is -1.24. The van der Waals surface area contributed by atoms with Crippen LogP contribution in [0.25, 0.3) is 0 Å². The summed E-state index contributed by atoms with van der Waals surface area (Å²) in [7, 11) is 0. The number of rotatable bonds is 2. The van der Waals surface area contributed by atoms with E-state index in [0.29, 0.717) is 11.9 Å². The first-order chi connectivity index (χ1) is 7.79. The van der Waals surface area contributed by atoms with Crippen LogP contribution in [0.3, 0.4) is 0 Å². The molecule has 0 aromatic rings. The zero-order valence-corrected chi connectivity index (χ0v) is 9.73. The molecule has 1 saturated heterocycles. The van der Waals surface area contributed by atoms with Crippen molar-refractivity contribution in [2.45, 2.75) is 32.1 Å². The maximum Gasteiger partial charge on any atom is 0.191 e. The molecule has 2 N–H and O–H groups in total. The van der Waals surface area contributed by atoms with Crippen molar-refractivity contribution < 1.29 is 0 Å². The molecule has 0 atom stereocenters. The van der Waals surface area contributed by atoms with Crippen molar-refractivity contribution in [3.05, 3.63) is 0 Å². The zero-order valence-electron chi connectivity index (χ0n) is 9.73. The quantitative estimate of drug-likeness (QED) is 0.564. The van der Waals surface area contributed by atoms with Crippen LogP contribution in [0.1, 0.15) is 32.1 Å². The molecular weight excluding hydrogens is 200 g/mol. The lowest BCUT2D eigenvalue weighted by Gasteiger charge is -2.32. The molecule has 88 valence electrons. The molecule has 0 unspecified atom stereocenters.